The lowest BCUT2D eigenvalue weighted by atomic mass is 10.3. The Labute approximate surface area is 149 Å². The van der Waals surface area contributed by atoms with Crippen LogP contribution in [0.3, 0.4) is 0 Å². The molecular weight excluding hydrogens is 360 g/mol. The Kier molecular flexibility index (Phi) is 5.16. The Bertz CT molecular complexity index is 931. The monoisotopic (exact) mass is 378 g/mol. The van der Waals surface area contributed by atoms with Gasteiger partial charge in [0.05, 0.1) is 11.0 Å². The Morgan fingerprint density at radius 2 is 2.08 bits per heavy atom. The predicted octanol–water partition coefficient (Wildman–Crippen LogP) is 2.66. The molecule has 0 saturated carbocycles. The maximum absolute atomic E-state index is 12.3. The van der Waals surface area contributed by atoms with E-state index in [2.05, 4.69) is 15.3 Å². The van der Waals surface area contributed by atoms with Crippen molar-refractivity contribution >= 4 is 44.2 Å². The number of hydrogen-bond donors (Lipinski definition) is 2. The van der Waals surface area contributed by atoms with Crippen LogP contribution in [0.5, 0.6) is 0 Å². The van der Waals surface area contributed by atoms with Crippen molar-refractivity contribution in [2.75, 3.05) is 18.9 Å². The zero-order valence-electron chi connectivity index (χ0n) is 13.6. The number of benzene rings is 1. The minimum atomic E-state index is -3.47. The van der Waals surface area contributed by atoms with Gasteiger partial charge in [0, 0.05) is 20.0 Å². The van der Waals surface area contributed by atoms with Gasteiger partial charge in [0.1, 0.15) is 4.21 Å². The van der Waals surface area contributed by atoms with Crippen LogP contribution in [0, 0.1) is 0 Å². The minimum absolute atomic E-state index is 0.207. The zero-order valence-corrected chi connectivity index (χ0v) is 15.2. The number of nitrogens with zero attached hydrogens (tertiary/aromatic N) is 2. The molecule has 0 spiro atoms. The van der Waals surface area contributed by atoms with Gasteiger partial charge in [0.25, 0.3) is 10.0 Å². The number of nitrogens with one attached hydrogen (secondary N) is 2. The van der Waals surface area contributed by atoms with Crippen LogP contribution in [0.1, 0.15) is 12.8 Å². The summed E-state index contributed by atoms with van der Waals surface area (Å²) in [6.45, 7) is 0.272. The Balaban J connectivity index is 1.51. The van der Waals surface area contributed by atoms with Gasteiger partial charge < -0.3 is 4.98 Å². The van der Waals surface area contributed by atoms with Crippen LogP contribution in [0.2, 0.25) is 0 Å². The second-order valence-corrected chi connectivity index (χ2v) is 8.73. The van der Waals surface area contributed by atoms with Crippen LogP contribution in [0.15, 0.2) is 46.0 Å². The standard InChI is InChI=1S/C16H18N4O3S2/c1-20(25(22,23)15-9-5-11-24-15)10-4-8-14(21)19-16-17-12-6-2-3-7-13(12)18-16/h2-3,5-7,9,11H,4,8,10H2,1H3,(H2,17,18,19,21). The number of aromatic amines is 1. The molecule has 1 amide bonds. The van der Waals surface area contributed by atoms with Crippen LogP contribution in [-0.2, 0) is 14.8 Å². The summed E-state index contributed by atoms with van der Waals surface area (Å²) in [6.07, 6.45) is 0.633. The second-order valence-electron chi connectivity index (χ2n) is 5.51. The van der Waals surface area contributed by atoms with E-state index in [-0.39, 0.29) is 18.9 Å². The summed E-state index contributed by atoms with van der Waals surface area (Å²) >= 11 is 1.18. The van der Waals surface area contributed by atoms with Crippen LogP contribution >= 0.6 is 11.3 Å². The highest BCUT2D eigenvalue weighted by molar-refractivity contribution is 7.91. The lowest BCUT2D eigenvalue weighted by molar-refractivity contribution is -0.116. The zero-order chi connectivity index (χ0) is 17.9. The van der Waals surface area contributed by atoms with Crippen molar-refractivity contribution < 1.29 is 13.2 Å². The van der Waals surface area contributed by atoms with Gasteiger partial charge in [0.15, 0.2) is 0 Å². The summed E-state index contributed by atoms with van der Waals surface area (Å²) < 4.78 is 26.1. The average Bonchev–Trinajstić information content (AvgIpc) is 3.24. The van der Waals surface area contributed by atoms with Gasteiger partial charge in [-0.1, -0.05) is 18.2 Å². The van der Waals surface area contributed by atoms with Gasteiger partial charge >= 0.3 is 0 Å². The van der Waals surface area contributed by atoms with E-state index in [1.807, 2.05) is 24.3 Å². The molecule has 2 aromatic heterocycles. The number of sulfonamides is 1. The fourth-order valence-corrected chi connectivity index (χ4v) is 4.76. The molecule has 0 saturated heterocycles. The van der Waals surface area contributed by atoms with Crippen molar-refractivity contribution in [1.29, 1.82) is 0 Å². The van der Waals surface area contributed by atoms with Crippen LogP contribution < -0.4 is 5.32 Å². The highest BCUT2D eigenvalue weighted by Gasteiger charge is 2.21. The molecule has 0 aliphatic rings. The molecule has 3 rings (SSSR count). The van der Waals surface area contributed by atoms with E-state index in [0.717, 1.165) is 11.0 Å². The molecule has 7 nitrogen and oxygen atoms in total. The predicted molar refractivity (Wildman–Crippen MR) is 98.1 cm³/mol. The molecule has 25 heavy (non-hydrogen) atoms. The summed E-state index contributed by atoms with van der Waals surface area (Å²) in [4.78, 5) is 19.3. The van der Waals surface area contributed by atoms with Crippen molar-refractivity contribution in [2.24, 2.45) is 0 Å². The van der Waals surface area contributed by atoms with Gasteiger partial charge in [-0.05, 0) is 30.0 Å². The van der Waals surface area contributed by atoms with Crippen molar-refractivity contribution in [2.45, 2.75) is 17.1 Å². The number of H-pyrrole nitrogens is 1. The number of carbonyl (C=O) groups is 1. The van der Waals surface area contributed by atoms with Gasteiger partial charge in [-0.2, -0.15) is 0 Å². The SMILES string of the molecule is CN(CCCC(=O)Nc1nc2ccccc2[nH]1)S(=O)(=O)c1cccs1. The maximum Gasteiger partial charge on any atom is 0.252 e. The van der Waals surface area contributed by atoms with Crippen molar-refractivity contribution in [3.8, 4) is 0 Å². The summed E-state index contributed by atoms with van der Waals surface area (Å²) in [6, 6.07) is 10.8. The topological polar surface area (TPSA) is 95.2 Å². The number of carbonyl (C=O) groups excluding carboxylic acids is 1. The Morgan fingerprint density at radius 3 is 2.80 bits per heavy atom. The molecule has 0 unspecified atom stereocenters. The van der Waals surface area contributed by atoms with Gasteiger partial charge in [-0.15, -0.1) is 11.3 Å². The number of imidazole rings is 1. The summed E-state index contributed by atoms with van der Waals surface area (Å²) in [5, 5.41) is 4.42. The molecule has 9 heteroatoms. The number of rotatable bonds is 7. The summed E-state index contributed by atoms with van der Waals surface area (Å²) in [7, 11) is -1.95. The first-order valence-corrected chi connectivity index (χ1v) is 10.0. The summed E-state index contributed by atoms with van der Waals surface area (Å²) in [5.74, 6) is 0.187. The normalized spacial score (nSPS) is 11.9. The number of fused-ring (bicyclic) bond motifs is 1. The lowest BCUT2D eigenvalue weighted by Gasteiger charge is -2.15. The molecule has 0 aliphatic heterocycles. The van der Waals surface area contributed by atoms with Crippen LogP contribution in [-0.4, -0.2) is 42.2 Å². The van der Waals surface area contributed by atoms with Crippen LogP contribution in [0.25, 0.3) is 11.0 Å². The molecule has 0 atom stereocenters. The van der Waals surface area contributed by atoms with E-state index >= 15 is 0 Å². The highest BCUT2D eigenvalue weighted by atomic mass is 32.2. The molecule has 0 aliphatic carbocycles. The first kappa shape index (κ1) is 17.6. The van der Waals surface area contributed by atoms with Crippen LogP contribution in [0.4, 0.5) is 5.95 Å². The third kappa shape index (κ3) is 4.06. The molecule has 0 radical (unpaired) electrons. The van der Waals surface area contributed by atoms with E-state index in [4.69, 9.17) is 0 Å². The molecule has 0 fully saturated rings. The summed E-state index contributed by atoms with van der Waals surface area (Å²) in [5.41, 5.74) is 1.62. The van der Waals surface area contributed by atoms with Crippen molar-refractivity contribution in [1.82, 2.24) is 14.3 Å². The average molecular weight is 378 g/mol. The van der Waals surface area contributed by atoms with Gasteiger partial charge in [-0.25, -0.2) is 17.7 Å². The molecule has 2 N–H and O–H groups in total. The third-order valence-electron chi connectivity index (χ3n) is 3.68. The van der Waals surface area contributed by atoms with Crippen molar-refractivity contribution in [3.05, 3.63) is 41.8 Å². The molecule has 3 aromatic rings. The molecule has 132 valence electrons. The number of para-hydroxylation sites is 2. The first-order valence-electron chi connectivity index (χ1n) is 7.71. The molecule has 1 aromatic carbocycles. The fourth-order valence-electron chi connectivity index (χ4n) is 2.35. The number of anilines is 1. The van der Waals surface area contributed by atoms with E-state index in [9.17, 15) is 13.2 Å². The molecular formula is C16H18N4O3S2. The van der Waals surface area contributed by atoms with E-state index in [1.54, 1.807) is 17.5 Å². The van der Waals surface area contributed by atoms with E-state index in [0.29, 0.717) is 16.6 Å². The van der Waals surface area contributed by atoms with Crippen molar-refractivity contribution in [3.63, 3.8) is 0 Å². The lowest BCUT2D eigenvalue weighted by Crippen LogP contribution is -2.28. The van der Waals surface area contributed by atoms with E-state index in [1.165, 1.54) is 22.7 Å². The number of aromatic nitrogens is 2. The number of amides is 1. The third-order valence-corrected chi connectivity index (χ3v) is 6.91. The fraction of sp³-hybridized carbons (Fsp3) is 0.250. The molecule has 2 heterocycles. The smallest absolute Gasteiger partial charge is 0.252 e. The molecule has 0 bridgehead atoms. The number of thiophene rings is 1. The Hall–Kier alpha value is -2.23. The largest absolute Gasteiger partial charge is 0.324 e. The second kappa shape index (κ2) is 7.34. The van der Waals surface area contributed by atoms with Gasteiger partial charge in [0.2, 0.25) is 11.9 Å². The van der Waals surface area contributed by atoms with Gasteiger partial charge in [-0.3, -0.25) is 10.1 Å². The van der Waals surface area contributed by atoms with E-state index < -0.39 is 10.0 Å². The number of hydrogen-bond acceptors (Lipinski definition) is 5. The minimum Gasteiger partial charge on any atom is -0.324 e. The quantitative estimate of drug-likeness (QED) is 0.661. The maximum atomic E-state index is 12.3. The Morgan fingerprint density at radius 1 is 1.28 bits per heavy atom. The highest BCUT2D eigenvalue weighted by Crippen LogP contribution is 2.20. The first-order chi connectivity index (χ1) is 12.0.